The van der Waals surface area contributed by atoms with E-state index in [1.807, 2.05) is 43.3 Å². The largest absolute Gasteiger partial charge is 0.455 e. The van der Waals surface area contributed by atoms with Gasteiger partial charge < -0.3 is 10.5 Å². The van der Waals surface area contributed by atoms with Crippen molar-refractivity contribution in [1.29, 1.82) is 0 Å². The van der Waals surface area contributed by atoms with Crippen molar-refractivity contribution in [3.8, 4) is 11.5 Å². The molecule has 0 atom stereocenters. The molecule has 0 heterocycles. The van der Waals surface area contributed by atoms with Crippen LogP contribution < -0.4 is 10.5 Å². The van der Waals surface area contributed by atoms with Crippen LogP contribution in [0.15, 0.2) is 41.3 Å². The van der Waals surface area contributed by atoms with Crippen LogP contribution >= 0.6 is 35.6 Å². The van der Waals surface area contributed by atoms with Crippen LogP contribution in [-0.2, 0) is 0 Å². The average molecular weight is 338 g/mol. The second-order valence-electron chi connectivity index (χ2n) is 4.46. The van der Waals surface area contributed by atoms with Crippen LogP contribution in [0.25, 0.3) is 0 Å². The van der Waals surface area contributed by atoms with E-state index in [4.69, 9.17) is 34.3 Å². The van der Waals surface area contributed by atoms with Gasteiger partial charge in [0, 0.05) is 4.90 Å². The van der Waals surface area contributed by atoms with Crippen LogP contribution in [0.4, 0.5) is 0 Å². The molecule has 0 fully saturated rings. The van der Waals surface area contributed by atoms with E-state index in [2.05, 4.69) is 6.92 Å². The van der Waals surface area contributed by atoms with Crippen molar-refractivity contribution in [2.75, 3.05) is 5.75 Å². The van der Waals surface area contributed by atoms with E-state index in [-0.39, 0.29) is 0 Å². The van der Waals surface area contributed by atoms with E-state index < -0.39 is 0 Å². The maximum Gasteiger partial charge on any atom is 0.146 e. The summed E-state index contributed by atoms with van der Waals surface area (Å²) in [6.45, 7) is 4.06. The molecule has 0 bridgehead atoms. The van der Waals surface area contributed by atoms with Gasteiger partial charge in [0.1, 0.15) is 16.5 Å². The number of halogens is 1. The van der Waals surface area contributed by atoms with Gasteiger partial charge in [0.25, 0.3) is 0 Å². The number of thioether (sulfide) groups is 1. The fourth-order valence-electron chi connectivity index (χ4n) is 1.92. The Labute approximate surface area is 139 Å². The van der Waals surface area contributed by atoms with Gasteiger partial charge in [-0.15, -0.1) is 11.8 Å². The van der Waals surface area contributed by atoms with Crippen LogP contribution in [-0.4, -0.2) is 10.7 Å². The predicted molar refractivity (Wildman–Crippen MR) is 95.0 cm³/mol. The molecule has 0 aliphatic rings. The third-order valence-corrected chi connectivity index (χ3v) is 4.28. The third kappa shape index (κ3) is 3.90. The molecule has 0 aliphatic carbocycles. The van der Waals surface area contributed by atoms with Gasteiger partial charge in [0.05, 0.1) is 10.6 Å². The number of rotatable bonds is 5. The molecule has 0 aliphatic heterocycles. The highest BCUT2D eigenvalue weighted by Crippen LogP contribution is 2.35. The van der Waals surface area contributed by atoms with E-state index in [1.165, 1.54) is 0 Å². The molecule has 2 aromatic carbocycles. The van der Waals surface area contributed by atoms with Crippen molar-refractivity contribution in [3.63, 3.8) is 0 Å². The summed E-state index contributed by atoms with van der Waals surface area (Å²) in [6, 6.07) is 11.4. The van der Waals surface area contributed by atoms with Crippen LogP contribution in [0.2, 0.25) is 5.02 Å². The van der Waals surface area contributed by atoms with Crippen molar-refractivity contribution in [3.05, 3.63) is 52.5 Å². The molecular formula is C16H16ClNOS2. The number of hydrogen-bond donors (Lipinski definition) is 1. The maximum atomic E-state index is 6.22. The zero-order valence-electron chi connectivity index (χ0n) is 11.9. The minimum atomic E-state index is 0.324. The molecule has 0 aromatic heterocycles. The molecule has 2 aromatic rings. The monoisotopic (exact) mass is 337 g/mol. The van der Waals surface area contributed by atoms with E-state index in [1.54, 1.807) is 11.8 Å². The molecule has 0 spiro atoms. The van der Waals surface area contributed by atoms with Gasteiger partial charge in [-0.25, -0.2) is 0 Å². The summed E-state index contributed by atoms with van der Waals surface area (Å²) in [5, 5.41) is 0.567. The van der Waals surface area contributed by atoms with Gasteiger partial charge >= 0.3 is 0 Å². The molecule has 21 heavy (non-hydrogen) atoms. The number of ether oxygens (including phenoxy) is 1. The Morgan fingerprint density at radius 2 is 2.05 bits per heavy atom. The Kier molecular flexibility index (Phi) is 5.51. The van der Waals surface area contributed by atoms with Gasteiger partial charge in [-0.2, -0.15) is 0 Å². The van der Waals surface area contributed by atoms with Crippen molar-refractivity contribution < 1.29 is 4.74 Å². The number of thiocarbonyl (C=S) groups is 1. The molecule has 0 saturated carbocycles. The fourth-order valence-corrected chi connectivity index (χ4v) is 3.31. The lowest BCUT2D eigenvalue weighted by Crippen LogP contribution is -2.12. The summed E-state index contributed by atoms with van der Waals surface area (Å²) in [5.41, 5.74) is 7.71. The summed E-state index contributed by atoms with van der Waals surface area (Å²) in [4.78, 5) is 1.34. The van der Waals surface area contributed by atoms with Crippen LogP contribution in [0.1, 0.15) is 18.1 Å². The lowest BCUT2D eigenvalue weighted by molar-refractivity contribution is 0.480. The van der Waals surface area contributed by atoms with Crippen LogP contribution in [0, 0.1) is 6.92 Å². The molecule has 110 valence electrons. The van der Waals surface area contributed by atoms with Crippen LogP contribution in [0.5, 0.6) is 11.5 Å². The summed E-state index contributed by atoms with van der Waals surface area (Å²) < 4.78 is 5.93. The van der Waals surface area contributed by atoms with Crippen molar-refractivity contribution in [2.45, 2.75) is 18.7 Å². The Balaban J connectivity index is 2.43. The van der Waals surface area contributed by atoms with Crippen molar-refractivity contribution >= 4 is 40.6 Å². The zero-order valence-corrected chi connectivity index (χ0v) is 14.2. The Morgan fingerprint density at radius 3 is 2.67 bits per heavy atom. The first-order chi connectivity index (χ1) is 10.0. The first-order valence-corrected chi connectivity index (χ1v) is 8.29. The second kappa shape index (κ2) is 7.16. The minimum absolute atomic E-state index is 0.324. The van der Waals surface area contributed by atoms with E-state index in [0.29, 0.717) is 21.5 Å². The SMILES string of the molecule is CCSc1cccc(Oc2ccc(C)cc2Cl)c1C(N)=S. The highest BCUT2D eigenvalue weighted by atomic mass is 35.5. The van der Waals surface area contributed by atoms with Gasteiger partial charge in [-0.3, -0.25) is 0 Å². The molecule has 2 nitrogen and oxygen atoms in total. The van der Waals surface area contributed by atoms with E-state index in [9.17, 15) is 0 Å². The number of hydrogen-bond acceptors (Lipinski definition) is 3. The smallest absolute Gasteiger partial charge is 0.146 e. The predicted octanol–water partition coefficient (Wildman–Crippen LogP) is 5.19. The lowest BCUT2D eigenvalue weighted by Gasteiger charge is -2.14. The Morgan fingerprint density at radius 1 is 1.29 bits per heavy atom. The van der Waals surface area contributed by atoms with Gasteiger partial charge in [0.2, 0.25) is 0 Å². The Bertz CT molecular complexity index is 673. The van der Waals surface area contributed by atoms with Gasteiger partial charge in [-0.1, -0.05) is 42.9 Å². The zero-order chi connectivity index (χ0) is 15.4. The topological polar surface area (TPSA) is 35.2 Å². The molecule has 5 heteroatoms. The molecule has 0 amide bonds. The summed E-state index contributed by atoms with van der Waals surface area (Å²) in [7, 11) is 0. The molecule has 2 N–H and O–H groups in total. The summed E-state index contributed by atoms with van der Waals surface area (Å²) in [6.07, 6.45) is 0. The van der Waals surface area contributed by atoms with Crippen molar-refractivity contribution in [2.24, 2.45) is 5.73 Å². The quantitative estimate of drug-likeness (QED) is 0.601. The molecule has 0 saturated heterocycles. The normalized spacial score (nSPS) is 10.4. The molecule has 0 unspecified atom stereocenters. The van der Waals surface area contributed by atoms with Crippen molar-refractivity contribution in [1.82, 2.24) is 0 Å². The summed E-state index contributed by atoms with van der Waals surface area (Å²) in [5.74, 6) is 2.16. The van der Waals surface area contributed by atoms with Gasteiger partial charge in [-0.05, 0) is 42.5 Å². The first kappa shape index (κ1) is 16.1. The number of aryl methyl sites for hydroxylation is 1. The van der Waals surface area contributed by atoms with E-state index in [0.717, 1.165) is 21.8 Å². The molecule has 2 rings (SSSR count). The average Bonchev–Trinajstić information content (AvgIpc) is 2.42. The minimum Gasteiger partial charge on any atom is -0.455 e. The molecular weight excluding hydrogens is 322 g/mol. The first-order valence-electron chi connectivity index (χ1n) is 6.52. The highest BCUT2D eigenvalue weighted by molar-refractivity contribution is 7.99. The third-order valence-electron chi connectivity index (χ3n) is 2.84. The summed E-state index contributed by atoms with van der Waals surface area (Å²) >= 11 is 13.1. The Hall–Kier alpha value is -1.23. The standard InChI is InChI=1S/C16H16ClNOS2/c1-3-21-14-6-4-5-13(15(14)16(18)20)19-12-8-7-10(2)9-11(12)17/h4-9H,3H2,1-2H3,(H2,18,20). The fraction of sp³-hybridized carbons (Fsp3) is 0.188. The number of benzene rings is 2. The maximum absolute atomic E-state index is 6.22. The highest BCUT2D eigenvalue weighted by Gasteiger charge is 2.14. The number of nitrogens with two attached hydrogens (primary N) is 1. The van der Waals surface area contributed by atoms with Crippen LogP contribution in [0.3, 0.4) is 0 Å². The lowest BCUT2D eigenvalue weighted by atomic mass is 10.2. The molecule has 0 radical (unpaired) electrons. The van der Waals surface area contributed by atoms with E-state index >= 15 is 0 Å². The van der Waals surface area contributed by atoms with Gasteiger partial charge in [0.15, 0.2) is 0 Å². The second-order valence-corrected chi connectivity index (χ2v) is 6.62.